The van der Waals surface area contributed by atoms with Crippen LogP contribution in [0.2, 0.25) is 0 Å². The molecule has 1 amide bonds. The van der Waals surface area contributed by atoms with Crippen molar-refractivity contribution < 1.29 is 9.53 Å². The van der Waals surface area contributed by atoms with E-state index >= 15 is 0 Å². The Kier molecular flexibility index (Phi) is 4.47. The van der Waals surface area contributed by atoms with Gasteiger partial charge in [0.15, 0.2) is 6.61 Å². The lowest BCUT2D eigenvalue weighted by molar-refractivity contribution is -0.119. The molecule has 0 aliphatic carbocycles. The molecule has 1 aromatic heterocycles. The number of aromatic nitrogens is 1. The Labute approximate surface area is 141 Å². The summed E-state index contributed by atoms with van der Waals surface area (Å²) in [7, 11) is 0. The van der Waals surface area contributed by atoms with E-state index < -0.39 is 5.91 Å². The predicted octanol–water partition coefficient (Wildman–Crippen LogP) is 3.64. The summed E-state index contributed by atoms with van der Waals surface area (Å²) < 4.78 is 5.38. The number of carbonyl (C=O) groups excluding carboxylic acids is 1. The molecule has 0 atom stereocenters. The molecule has 4 nitrogen and oxygen atoms in total. The Morgan fingerprint density at radius 3 is 2.75 bits per heavy atom. The molecule has 0 spiro atoms. The molecule has 122 valence electrons. The van der Waals surface area contributed by atoms with Crippen molar-refractivity contribution in [3.8, 4) is 17.0 Å². The molecule has 0 aliphatic heterocycles. The van der Waals surface area contributed by atoms with Crippen LogP contribution in [0.25, 0.3) is 22.2 Å². The van der Waals surface area contributed by atoms with E-state index in [-0.39, 0.29) is 6.61 Å². The Hall–Kier alpha value is -2.88. The Balaban J connectivity index is 2.02. The zero-order valence-corrected chi connectivity index (χ0v) is 13.9. The number of benzene rings is 2. The van der Waals surface area contributed by atoms with Gasteiger partial charge >= 0.3 is 0 Å². The standard InChI is InChI=1S/C20H20N2O2/c1-3-14-7-8-17-13(2)9-18(22-19(17)10-14)15-5-4-6-16(11-15)24-12-20(21)23/h4-11H,3,12H2,1-2H3,(H2,21,23). The molecule has 3 rings (SSSR count). The highest BCUT2D eigenvalue weighted by molar-refractivity contribution is 5.85. The van der Waals surface area contributed by atoms with Crippen LogP contribution in [-0.2, 0) is 11.2 Å². The number of hydrogen-bond acceptors (Lipinski definition) is 3. The van der Waals surface area contributed by atoms with Crippen LogP contribution >= 0.6 is 0 Å². The second kappa shape index (κ2) is 6.71. The molecule has 24 heavy (non-hydrogen) atoms. The maximum Gasteiger partial charge on any atom is 0.255 e. The number of amides is 1. The third kappa shape index (κ3) is 3.38. The minimum atomic E-state index is -0.493. The van der Waals surface area contributed by atoms with Crippen LogP contribution in [0.3, 0.4) is 0 Å². The van der Waals surface area contributed by atoms with Gasteiger partial charge in [-0.3, -0.25) is 4.79 Å². The summed E-state index contributed by atoms with van der Waals surface area (Å²) >= 11 is 0. The van der Waals surface area contributed by atoms with Crippen molar-refractivity contribution in [3.05, 3.63) is 59.7 Å². The van der Waals surface area contributed by atoms with Crippen molar-refractivity contribution in [2.45, 2.75) is 20.3 Å². The Morgan fingerprint density at radius 1 is 1.17 bits per heavy atom. The van der Waals surface area contributed by atoms with Gasteiger partial charge < -0.3 is 10.5 Å². The summed E-state index contributed by atoms with van der Waals surface area (Å²) in [6, 6.07) is 16.0. The van der Waals surface area contributed by atoms with Crippen LogP contribution < -0.4 is 10.5 Å². The van der Waals surface area contributed by atoms with E-state index in [4.69, 9.17) is 15.5 Å². The molecular formula is C20H20N2O2. The molecule has 0 radical (unpaired) electrons. The minimum absolute atomic E-state index is 0.131. The Bertz CT molecular complexity index is 903. The van der Waals surface area contributed by atoms with Crippen molar-refractivity contribution in [1.82, 2.24) is 4.98 Å². The number of primary amides is 1. The van der Waals surface area contributed by atoms with Crippen LogP contribution in [0, 0.1) is 6.92 Å². The first-order valence-corrected chi connectivity index (χ1v) is 7.98. The van der Waals surface area contributed by atoms with Gasteiger partial charge in [0.05, 0.1) is 11.2 Å². The lowest BCUT2D eigenvalue weighted by atomic mass is 10.0. The van der Waals surface area contributed by atoms with Crippen LogP contribution in [0.1, 0.15) is 18.1 Å². The number of ether oxygens (including phenoxy) is 1. The molecule has 0 fully saturated rings. The van der Waals surface area contributed by atoms with Gasteiger partial charge in [-0.1, -0.05) is 31.2 Å². The molecule has 0 saturated carbocycles. The fraction of sp³-hybridized carbons (Fsp3) is 0.200. The predicted molar refractivity (Wildman–Crippen MR) is 96.0 cm³/mol. The number of pyridine rings is 1. The fourth-order valence-electron chi connectivity index (χ4n) is 2.72. The number of carbonyl (C=O) groups is 1. The van der Waals surface area contributed by atoms with E-state index in [1.165, 1.54) is 11.1 Å². The fourth-order valence-corrected chi connectivity index (χ4v) is 2.72. The van der Waals surface area contributed by atoms with Gasteiger partial charge in [-0.25, -0.2) is 4.98 Å². The average molecular weight is 320 g/mol. The molecule has 0 saturated heterocycles. The first-order chi connectivity index (χ1) is 11.6. The molecule has 0 bridgehead atoms. The van der Waals surface area contributed by atoms with Crippen LogP contribution in [0.4, 0.5) is 0 Å². The van der Waals surface area contributed by atoms with Gasteiger partial charge in [0.25, 0.3) is 5.91 Å². The topological polar surface area (TPSA) is 65.2 Å². The molecule has 2 N–H and O–H groups in total. The largest absolute Gasteiger partial charge is 0.484 e. The normalized spacial score (nSPS) is 10.8. The molecule has 1 heterocycles. The zero-order chi connectivity index (χ0) is 17.1. The molecule has 3 aromatic rings. The second-order valence-electron chi connectivity index (χ2n) is 5.81. The molecular weight excluding hydrogens is 300 g/mol. The third-order valence-electron chi connectivity index (χ3n) is 4.00. The number of fused-ring (bicyclic) bond motifs is 1. The first-order valence-electron chi connectivity index (χ1n) is 7.98. The van der Waals surface area contributed by atoms with E-state index in [2.05, 4.69) is 38.1 Å². The Morgan fingerprint density at radius 2 is 2.00 bits per heavy atom. The lowest BCUT2D eigenvalue weighted by Gasteiger charge is -2.10. The molecule has 4 heteroatoms. The van der Waals surface area contributed by atoms with E-state index in [0.29, 0.717) is 5.75 Å². The van der Waals surface area contributed by atoms with Crippen molar-refractivity contribution in [1.29, 1.82) is 0 Å². The smallest absolute Gasteiger partial charge is 0.255 e. The zero-order valence-electron chi connectivity index (χ0n) is 13.9. The van der Waals surface area contributed by atoms with Crippen molar-refractivity contribution in [3.63, 3.8) is 0 Å². The lowest BCUT2D eigenvalue weighted by Crippen LogP contribution is -2.19. The highest BCUT2D eigenvalue weighted by atomic mass is 16.5. The molecule has 0 unspecified atom stereocenters. The number of nitrogens with zero attached hydrogens (tertiary/aromatic N) is 1. The summed E-state index contributed by atoms with van der Waals surface area (Å²) in [5.41, 5.74) is 10.4. The van der Waals surface area contributed by atoms with Crippen LogP contribution in [-0.4, -0.2) is 17.5 Å². The van der Waals surface area contributed by atoms with Crippen LogP contribution in [0.15, 0.2) is 48.5 Å². The maximum absolute atomic E-state index is 10.9. The highest BCUT2D eigenvalue weighted by Gasteiger charge is 2.07. The highest BCUT2D eigenvalue weighted by Crippen LogP contribution is 2.27. The summed E-state index contributed by atoms with van der Waals surface area (Å²) in [5.74, 6) is 0.111. The van der Waals surface area contributed by atoms with Crippen molar-refractivity contribution in [2.24, 2.45) is 5.73 Å². The van der Waals surface area contributed by atoms with Gasteiger partial charge in [-0.15, -0.1) is 0 Å². The minimum Gasteiger partial charge on any atom is -0.484 e. The van der Waals surface area contributed by atoms with Gasteiger partial charge in [0.2, 0.25) is 0 Å². The number of aryl methyl sites for hydroxylation is 2. The molecule has 0 aliphatic rings. The van der Waals surface area contributed by atoms with Gasteiger partial charge in [-0.2, -0.15) is 0 Å². The number of hydrogen-bond donors (Lipinski definition) is 1. The quantitative estimate of drug-likeness (QED) is 0.780. The summed E-state index contributed by atoms with van der Waals surface area (Å²) in [4.78, 5) is 15.7. The van der Waals surface area contributed by atoms with Gasteiger partial charge in [-0.05, 0) is 48.7 Å². The summed E-state index contributed by atoms with van der Waals surface area (Å²) in [5, 5.41) is 1.16. The van der Waals surface area contributed by atoms with Gasteiger partial charge in [0, 0.05) is 10.9 Å². The summed E-state index contributed by atoms with van der Waals surface area (Å²) in [6.45, 7) is 4.09. The average Bonchev–Trinajstić information content (AvgIpc) is 2.59. The van der Waals surface area contributed by atoms with Gasteiger partial charge in [0.1, 0.15) is 5.75 Å². The van der Waals surface area contributed by atoms with E-state index in [9.17, 15) is 4.79 Å². The van der Waals surface area contributed by atoms with Crippen molar-refractivity contribution >= 4 is 16.8 Å². The number of rotatable bonds is 5. The monoisotopic (exact) mass is 320 g/mol. The third-order valence-corrected chi connectivity index (χ3v) is 4.00. The van der Waals surface area contributed by atoms with E-state index in [0.717, 1.165) is 28.6 Å². The summed E-state index contributed by atoms with van der Waals surface area (Å²) in [6.07, 6.45) is 0.983. The van der Waals surface area contributed by atoms with E-state index in [1.54, 1.807) is 6.07 Å². The van der Waals surface area contributed by atoms with Crippen LogP contribution in [0.5, 0.6) is 5.75 Å². The maximum atomic E-state index is 10.9. The molecule has 2 aromatic carbocycles. The second-order valence-corrected chi connectivity index (χ2v) is 5.81. The van der Waals surface area contributed by atoms with E-state index in [1.807, 2.05) is 18.2 Å². The SMILES string of the molecule is CCc1ccc2c(C)cc(-c3cccc(OCC(N)=O)c3)nc2c1. The number of nitrogens with two attached hydrogens (primary N) is 1. The van der Waals surface area contributed by atoms with Crippen molar-refractivity contribution in [2.75, 3.05) is 6.61 Å². The first kappa shape index (κ1) is 16.0.